The van der Waals surface area contributed by atoms with Crippen LogP contribution in [0.3, 0.4) is 0 Å². The molecular weight excluding hydrogens is 303 g/mol. The van der Waals surface area contributed by atoms with E-state index in [0.717, 1.165) is 13.2 Å². The Kier molecular flexibility index (Phi) is 6.94. The fraction of sp³-hybridized carbons (Fsp3) is 0.625. The summed E-state index contributed by atoms with van der Waals surface area (Å²) in [4.78, 5) is 0.564. The van der Waals surface area contributed by atoms with E-state index >= 15 is 0 Å². The van der Waals surface area contributed by atoms with E-state index in [-0.39, 0.29) is 6.29 Å². The van der Waals surface area contributed by atoms with Gasteiger partial charge >= 0.3 is 123 Å². The van der Waals surface area contributed by atoms with Gasteiger partial charge in [-0.25, -0.2) is 0 Å². The fourth-order valence-electron chi connectivity index (χ4n) is 2.29. The number of ether oxygens (including phenoxy) is 2. The first-order chi connectivity index (χ1) is 9.40. The van der Waals surface area contributed by atoms with E-state index in [2.05, 4.69) is 37.3 Å². The van der Waals surface area contributed by atoms with E-state index in [4.69, 9.17) is 9.47 Å². The van der Waals surface area contributed by atoms with Crippen molar-refractivity contribution in [1.29, 1.82) is 0 Å². The molecule has 2 nitrogen and oxygen atoms in total. The summed E-state index contributed by atoms with van der Waals surface area (Å²) in [5, 5.41) is 0. The van der Waals surface area contributed by atoms with Crippen molar-refractivity contribution in [3.63, 3.8) is 0 Å². The van der Waals surface area contributed by atoms with Gasteiger partial charge in [-0.2, -0.15) is 0 Å². The average molecular weight is 327 g/mol. The molecule has 0 aliphatic carbocycles. The van der Waals surface area contributed by atoms with E-state index in [9.17, 15) is 0 Å². The van der Waals surface area contributed by atoms with Gasteiger partial charge in [0.05, 0.1) is 0 Å². The molecule has 1 fully saturated rings. The van der Waals surface area contributed by atoms with Crippen molar-refractivity contribution in [2.24, 2.45) is 0 Å². The molecular formula is C16H24O2Se. The van der Waals surface area contributed by atoms with Gasteiger partial charge in [-0.1, -0.05) is 0 Å². The summed E-state index contributed by atoms with van der Waals surface area (Å²) in [6, 6.07) is 10.8. The van der Waals surface area contributed by atoms with Gasteiger partial charge in [0.15, 0.2) is 0 Å². The Hall–Kier alpha value is -0.341. The van der Waals surface area contributed by atoms with Crippen molar-refractivity contribution < 1.29 is 9.47 Å². The van der Waals surface area contributed by atoms with Gasteiger partial charge in [0.25, 0.3) is 0 Å². The van der Waals surface area contributed by atoms with Gasteiger partial charge in [-0.15, -0.1) is 0 Å². The Morgan fingerprint density at radius 3 is 2.53 bits per heavy atom. The van der Waals surface area contributed by atoms with Crippen LogP contribution in [0.25, 0.3) is 0 Å². The molecule has 1 aliphatic rings. The predicted octanol–water partition coefficient (Wildman–Crippen LogP) is 3.15. The third kappa shape index (κ3) is 5.27. The van der Waals surface area contributed by atoms with Gasteiger partial charge in [0.1, 0.15) is 0 Å². The molecule has 1 aromatic rings. The molecule has 0 saturated carbocycles. The molecule has 1 aromatic carbocycles. The Morgan fingerprint density at radius 1 is 1.11 bits per heavy atom. The molecule has 1 unspecified atom stereocenters. The second kappa shape index (κ2) is 8.76. The van der Waals surface area contributed by atoms with Gasteiger partial charge in [0, 0.05) is 0 Å². The van der Waals surface area contributed by atoms with Crippen LogP contribution >= 0.6 is 0 Å². The number of hydrogen-bond donors (Lipinski definition) is 0. The van der Waals surface area contributed by atoms with Crippen LogP contribution in [0, 0.1) is 0 Å². The third-order valence-corrected chi connectivity index (χ3v) is 6.06. The van der Waals surface area contributed by atoms with Crippen molar-refractivity contribution in [3.05, 3.63) is 30.3 Å². The van der Waals surface area contributed by atoms with Crippen molar-refractivity contribution in [2.45, 2.75) is 50.1 Å². The predicted molar refractivity (Wildman–Crippen MR) is 80.0 cm³/mol. The molecule has 0 amide bonds. The molecule has 0 N–H and O–H groups in total. The van der Waals surface area contributed by atoms with Crippen LogP contribution in [0.4, 0.5) is 0 Å². The molecule has 0 aromatic heterocycles. The molecule has 0 bridgehead atoms. The second-order valence-corrected chi connectivity index (χ2v) is 7.68. The average Bonchev–Trinajstić information content (AvgIpc) is 2.97. The molecule has 106 valence electrons. The number of benzene rings is 1. The van der Waals surface area contributed by atoms with Crippen LogP contribution in [-0.2, 0) is 9.47 Å². The zero-order valence-corrected chi connectivity index (χ0v) is 13.4. The third-order valence-electron chi connectivity index (χ3n) is 3.32. The van der Waals surface area contributed by atoms with Gasteiger partial charge < -0.3 is 0 Å². The first-order valence-electron chi connectivity index (χ1n) is 7.35. The molecule has 1 aliphatic heterocycles. The van der Waals surface area contributed by atoms with E-state index in [0.29, 0.717) is 19.8 Å². The molecule has 3 heteroatoms. The fourth-order valence-corrected chi connectivity index (χ4v) is 4.84. The van der Waals surface area contributed by atoms with E-state index < -0.39 is 0 Å². The summed E-state index contributed by atoms with van der Waals surface area (Å²) in [6.45, 7) is 3.79. The normalized spacial score (nSPS) is 17.7. The Morgan fingerprint density at radius 2 is 1.84 bits per heavy atom. The topological polar surface area (TPSA) is 18.5 Å². The van der Waals surface area contributed by atoms with Crippen LogP contribution < -0.4 is 4.46 Å². The van der Waals surface area contributed by atoms with Crippen molar-refractivity contribution in [2.75, 3.05) is 13.2 Å². The van der Waals surface area contributed by atoms with Crippen LogP contribution in [0.15, 0.2) is 30.3 Å². The quantitative estimate of drug-likeness (QED) is 0.539. The monoisotopic (exact) mass is 328 g/mol. The molecule has 2 rings (SSSR count). The van der Waals surface area contributed by atoms with Crippen LogP contribution in [-0.4, -0.2) is 34.5 Å². The van der Waals surface area contributed by atoms with Crippen LogP contribution in [0.1, 0.15) is 39.0 Å². The summed E-state index contributed by atoms with van der Waals surface area (Å²) in [5.74, 6) is 0. The molecule has 1 atom stereocenters. The minimum absolute atomic E-state index is 0.0434. The Bertz CT molecular complexity index is 336. The maximum absolute atomic E-state index is 5.74. The number of unbranched alkanes of at least 4 members (excludes halogenated alkanes) is 3. The molecule has 0 spiro atoms. The van der Waals surface area contributed by atoms with Crippen LogP contribution in [0.5, 0.6) is 0 Å². The van der Waals surface area contributed by atoms with Crippen molar-refractivity contribution in [3.8, 4) is 0 Å². The standard InChI is InChI=1S/C16H24O2Se/c1-2-3-4-8-11-15(16-17-12-13-18-16)19-14-9-6-5-7-10-14/h5-7,9-10,15-16H,2-4,8,11-13H2,1H3. The molecule has 0 radical (unpaired) electrons. The van der Waals surface area contributed by atoms with Gasteiger partial charge in [0.2, 0.25) is 0 Å². The van der Waals surface area contributed by atoms with Crippen molar-refractivity contribution >= 4 is 19.4 Å². The molecule has 1 saturated heterocycles. The van der Waals surface area contributed by atoms with Crippen LogP contribution in [0.2, 0.25) is 4.82 Å². The SMILES string of the molecule is CCCCCCC([Se]c1ccccc1)C1OCCO1. The van der Waals surface area contributed by atoms with Crippen molar-refractivity contribution in [1.82, 2.24) is 0 Å². The first kappa shape index (κ1) is 15.1. The Labute approximate surface area is 123 Å². The number of rotatable bonds is 8. The second-order valence-electron chi connectivity index (χ2n) is 4.93. The summed E-state index contributed by atoms with van der Waals surface area (Å²) in [5.41, 5.74) is 0. The van der Waals surface area contributed by atoms with Gasteiger partial charge in [-0.05, 0) is 0 Å². The first-order valence-corrected chi connectivity index (χ1v) is 9.19. The maximum atomic E-state index is 5.74. The number of hydrogen-bond acceptors (Lipinski definition) is 2. The van der Waals surface area contributed by atoms with E-state index in [1.54, 1.807) is 0 Å². The summed E-state index contributed by atoms with van der Waals surface area (Å²) >= 11 is 0.447. The summed E-state index contributed by atoms with van der Waals surface area (Å²) < 4.78 is 12.9. The summed E-state index contributed by atoms with van der Waals surface area (Å²) in [6.07, 6.45) is 6.56. The molecule has 19 heavy (non-hydrogen) atoms. The summed E-state index contributed by atoms with van der Waals surface area (Å²) in [7, 11) is 0. The van der Waals surface area contributed by atoms with E-state index in [1.807, 2.05) is 0 Å². The van der Waals surface area contributed by atoms with Gasteiger partial charge in [-0.3, -0.25) is 0 Å². The zero-order valence-electron chi connectivity index (χ0n) is 11.7. The minimum atomic E-state index is 0.0434. The zero-order chi connectivity index (χ0) is 13.3. The van der Waals surface area contributed by atoms with E-state index in [1.165, 1.54) is 36.6 Å². The molecule has 1 heterocycles. The Balaban J connectivity index is 1.86.